The Hall–Kier alpha value is -0.600. The lowest BCUT2D eigenvalue weighted by Crippen LogP contribution is -2.19. The normalized spacial score (nSPS) is 15.2. The van der Waals surface area contributed by atoms with Gasteiger partial charge in [-0.15, -0.1) is 0 Å². The fraction of sp³-hybridized carbons (Fsp3) is 0.556. The summed E-state index contributed by atoms with van der Waals surface area (Å²) in [6.07, 6.45) is 3.91. The summed E-state index contributed by atoms with van der Waals surface area (Å²) in [4.78, 5) is 2.09. The van der Waals surface area contributed by atoms with Crippen molar-refractivity contribution < 1.29 is 0 Å². The molecule has 0 fully saturated rings. The predicted octanol–water partition coefficient (Wildman–Crippen LogP) is 1.01. The van der Waals surface area contributed by atoms with Crippen LogP contribution < -0.4 is 5.73 Å². The molecule has 1 unspecified atom stereocenters. The monoisotopic (exact) mass is 154 g/mol. The van der Waals surface area contributed by atoms with Crippen molar-refractivity contribution in [1.29, 1.82) is 0 Å². The van der Waals surface area contributed by atoms with Gasteiger partial charge in [0.15, 0.2) is 0 Å². The summed E-state index contributed by atoms with van der Waals surface area (Å²) in [6.45, 7) is 6.57. The van der Waals surface area contributed by atoms with Gasteiger partial charge in [-0.25, -0.2) is 0 Å². The molecule has 2 heteroatoms. The number of hydrogen-bond donors (Lipinski definition) is 1. The second-order valence-corrected chi connectivity index (χ2v) is 2.96. The first-order valence-corrected chi connectivity index (χ1v) is 3.80. The summed E-state index contributed by atoms with van der Waals surface area (Å²) in [5.74, 6) is 0. The summed E-state index contributed by atoms with van der Waals surface area (Å²) in [5.41, 5.74) is 6.79. The molecule has 0 saturated heterocycles. The number of likely N-dealkylation sites (N-methyl/N-ethyl adjacent to an activating group) is 1. The van der Waals surface area contributed by atoms with Crippen LogP contribution in [0, 0.1) is 0 Å². The van der Waals surface area contributed by atoms with Crippen LogP contribution in [0.2, 0.25) is 0 Å². The van der Waals surface area contributed by atoms with E-state index in [9.17, 15) is 0 Å². The highest BCUT2D eigenvalue weighted by atomic mass is 15.0. The first kappa shape index (κ1) is 10.4. The van der Waals surface area contributed by atoms with Crippen molar-refractivity contribution in [2.45, 2.75) is 13.0 Å². The third-order valence-corrected chi connectivity index (χ3v) is 1.45. The molecule has 64 valence electrons. The molecule has 0 bridgehead atoms. The van der Waals surface area contributed by atoms with Gasteiger partial charge in [0.25, 0.3) is 0 Å². The molecule has 0 radical (unpaired) electrons. The molecule has 0 aliphatic rings. The third kappa shape index (κ3) is 4.76. The van der Waals surface area contributed by atoms with Crippen LogP contribution >= 0.6 is 0 Å². The van der Waals surface area contributed by atoms with E-state index in [-0.39, 0.29) is 6.04 Å². The average Bonchev–Trinajstić information content (AvgIpc) is 1.87. The van der Waals surface area contributed by atoms with Gasteiger partial charge >= 0.3 is 0 Å². The fourth-order valence-corrected chi connectivity index (χ4v) is 0.743. The predicted molar refractivity (Wildman–Crippen MR) is 50.5 cm³/mol. The molecular weight excluding hydrogens is 136 g/mol. The van der Waals surface area contributed by atoms with Crippen molar-refractivity contribution >= 4 is 0 Å². The zero-order valence-electron chi connectivity index (χ0n) is 7.67. The zero-order valence-corrected chi connectivity index (χ0v) is 7.67. The lowest BCUT2D eigenvalue weighted by atomic mass is 10.1. The van der Waals surface area contributed by atoms with Crippen LogP contribution in [-0.4, -0.2) is 31.6 Å². The van der Waals surface area contributed by atoms with Crippen LogP contribution in [0.3, 0.4) is 0 Å². The molecule has 2 nitrogen and oxygen atoms in total. The van der Waals surface area contributed by atoms with Crippen molar-refractivity contribution in [3.05, 3.63) is 24.3 Å². The Kier molecular flexibility index (Phi) is 4.83. The smallest absolute Gasteiger partial charge is 0.0263 e. The molecule has 0 spiro atoms. The van der Waals surface area contributed by atoms with Crippen LogP contribution in [0.1, 0.15) is 6.92 Å². The van der Waals surface area contributed by atoms with E-state index in [2.05, 4.69) is 17.6 Å². The minimum Gasteiger partial charge on any atom is -0.324 e. The second kappa shape index (κ2) is 5.10. The van der Waals surface area contributed by atoms with E-state index in [0.29, 0.717) is 0 Å². The zero-order chi connectivity index (χ0) is 8.85. The van der Waals surface area contributed by atoms with Crippen molar-refractivity contribution in [2.24, 2.45) is 5.73 Å². The van der Waals surface area contributed by atoms with E-state index >= 15 is 0 Å². The Balaban J connectivity index is 4.01. The van der Waals surface area contributed by atoms with Crippen molar-refractivity contribution in [2.75, 3.05) is 20.6 Å². The van der Waals surface area contributed by atoms with Crippen LogP contribution in [0.5, 0.6) is 0 Å². The Bertz CT molecular complexity index is 146. The van der Waals surface area contributed by atoms with E-state index in [0.717, 1.165) is 12.1 Å². The second-order valence-electron chi connectivity index (χ2n) is 2.96. The summed E-state index contributed by atoms with van der Waals surface area (Å²) in [7, 11) is 4.05. The molecule has 0 aromatic heterocycles. The Morgan fingerprint density at radius 1 is 1.64 bits per heavy atom. The van der Waals surface area contributed by atoms with Gasteiger partial charge in [-0.1, -0.05) is 18.7 Å². The lowest BCUT2D eigenvalue weighted by Gasteiger charge is -2.09. The third-order valence-electron chi connectivity index (χ3n) is 1.45. The number of hydrogen-bond acceptors (Lipinski definition) is 2. The van der Waals surface area contributed by atoms with Crippen LogP contribution in [0.15, 0.2) is 24.3 Å². The largest absolute Gasteiger partial charge is 0.324 e. The van der Waals surface area contributed by atoms with Gasteiger partial charge < -0.3 is 10.6 Å². The van der Waals surface area contributed by atoms with Gasteiger partial charge in [0.1, 0.15) is 0 Å². The van der Waals surface area contributed by atoms with E-state index in [1.54, 1.807) is 0 Å². The van der Waals surface area contributed by atoms with E-state index < -0.39 is 0 Å². The van der Waals surface area contributed by atoms with Gasteiger partial charge in [0.2, 0.25) is 0 Å². The number of rotatable bonds is 4. The summed E-state index contributed by atoms with van der Waals surface area (Å²) in [6, 6.07) is 0.0902. The van der Waals surface area contributed by atoms with E-state index in [4.69, 9.17) is 5.73 Å². The summed E-state index contributed by atoms with van der Waals surface area (Å²) in [5, 5.41) is 0. The number of nitrogens with zero attached hydrogens (tertiary/aromatic N) is 1. The van der Waals surface area contributed by atoms with Crippen molar-refractivity contribution in [3.63, 3.8) is 0 Å². The first-order chi connectivity index (χ1) is 5.07. The molecule has 0 heterocycles. The van der Waals surface area contributed by atoms with Crippen LogP contribution in [0.25, 0.3) is 0 Å². The summed E-state index contributed by atoms with van der Waals surface area (Å²) < 4.78 is 0. The van der Waals surface area contributed by atoms with Gasteiger partial charge in [-0.05, 0) is 26.6 Å². The van der Waals surface area contributed by atoms with Crippen molar-refractivity contribution in [1.82, 2.24) is 4.90 Å². The number of nitrogens with two attached hydrogens (primary N) is 1. The molecule has 0 aliphatic carbocycles. The highest BCUT2D eigenvalue weighted by Gasteiger charge is 1.97. The molecule has 0 aromatic rings. The Morgan fingerprint density at radius 2 is 2.18 bits per heavy atom. The first-order valence-electron chi connectivity index (χ1n) is 3.80. The molecule has 0 amide bonds. The molecule has 0 aromatic carbocycles. The molecule has 0 rings (SSSR count). The maximum atomic E-state index is 5.68. The standard InChI is InChI=1S/C9H18N2/c1-5-9(8(2)10)6-7-11(3)4/h5-6,8H,1,7,10H2,2-4H3/b9-6+. The highest BCUT2D eigenvalue weighted by molar-refractivity contribution is 5.21. The van der Waals surface area contributed by atoms with Crippen LogP contribution in [-0.2, 0) is 0 Å². The fourth-order valence-electron chi connectivity index (χ4n) is 0.743. The topological polar surface area (TPSA) is 29.3 Å². The van der Waals surface area contributed by atoms with Gasteiger partial charge in [-0.2, -0.15) is 0 Å². The maximum absolute atomic E-state index is 5.68. The van der Waals surface area contributed by atoms with E-state index in [1.807, 2.05) is 27.1 Å². The molecular formula is C9H18N2. The SMILES string of the molecule is C=C/C(=C\CN(C)C)C(C)N. The average molecular weight is 154 g/mol. The molecule has 11 heavy (non-hydrogen) atoms. The van der Waals surface area contributed by atoms with Gasteiger partial charge in [0.05, 0.1) is 0 Å². The summed E-state index contributed by atoms with van der Waals surface area (Å²) >= 11 is 0. The Morgan fingerprint density at radius 3 is 2.45 bits per heavy atom. The molecule has 0 aliphatic heterocycles. The van der Waals surface area contributed by atoms with Crippen LogP contribution in [0.4, 0.5) is 0 Å². The highest BCUT2D eigenvalue weighted by Crippen LogP contribution is 1.99. The minimum absolute atomic E-state index is 0.0902. The molecule has 2 N–H and O–H groups in total. The maximum Gasteiger partial charge on any atom is 0.0263 e. The lowest BCUT2D eigenvalue weighted by molar-refractivity contribution is 0.455. The quantitative estimate of drug-likeness (QED) is 0.612. The Labute approximate surface area is 69.4 Å². The van der Waals surface area contributed by atoms with Gasteiger partial charge in [0, 0.05) is 12.6 Å². The van der Waals surface area contributed by atoms with Gasteiger partial charge in [-0.3, -0.25) is 0 Å². The van der Waals surface area contributed by atoms with Crippen molar-refractivity contribution in [3.8, 4) is 0 Å². The molecule has 0 saturated carbocycles. The minimum atomic E-state index is 0.0902. The molecule has 1 atom stereocenters. The van der Waals surface area contributed by atoms with E-state index in [1.165, 1.54) is 0 Å².